The Morgan fingerprint density at radius 1 is 1.05 bits per heavy atom. The Bertz CT molecular complexity index is 403. The maximum absolute atomic E-state index is 3.48. The molecule has 20 heavy (non-hydrogen) atoms. The molecule has 3 nitrogen and oxygen atoms in total. The lowest BCUT2D eigenvalue weighted by atomic mass is 10.1. The average molecular weight is 340 g/mol. The summed E-state index contributed by atoms with van der Waals surface area (Å²) in [6.07, 6.45) is 0. The highest BCUT2D eigenvalue weighted by Crippen LogP contribution is 2.16. The quantitative estimate of drug-likeness (QED) is 0.908. The highest BCUT2D eigenvalue weighted by molar-refractivity contribution is 9.10. The molecule has 0 radical (unpaired) electrons. The molecule has 112 valence electrons. The first-order chi connectivity index (χ1) is 9.45. The van der Waals surface area contributed by atoms with E-state index in [0.717, 1.165) is 17.6 Å². The number of anilines is 1. The zero-order valence-electron chi connectivity index (χ0n) is 12.8. The molecular weight excluding hydrogens is 314 g/mol. The van der Waals surface area contributed by atoms with Crippen LogP contribution in [-0.4, -0.2) is 54.6 Å². The third-order valence-electron chi connectivity index (χ3n) is 3.92. The van der Waals surface area contributed by atoms with Crippen LogP contribution in [0, 0.1) is 0 Å². The fourth-order valence-electron chi connectivity index (χ4n) is 2.57. The highest BCUT2D eigenvalue weighted by Gasteiger charge is 2.25. The van der Waals surface area contributed by atoms with Crippen molar-refractivity contribution >= 4 is 21.6 Å². The molecule has 1 N–H and O–H groups in total. The lowest BCUT2D eigenvalue weighted by Crippen LogP contribution is -2.53. The molecule has 4 heteroatoms. The highest BCUT2D eigenvalue weighted by atomic mass is 79.9. The first kappa shape index (κ1) is 15.8. The van der Waals surface area contributed by atoms with Crippen molar-refractivity contribution in [1.29, 1.82) is 0 Å². The summed E-state index contributed by atoms with van der Waals surface area (Å²) in [5, 5.41) is 3.48. The first-order valence-corrected chi connectivity index (χ1v) is 8.21. The number of benzene rings is 1. The van der Waals surface area contributed by atoms with Crippen LogP contribution >= 0.6 is 15.9 Å². The summed E-state index contributed by atoms with van der Waals surface area (Å²) < 4.78 is 1.13. The van der Waals surface area contributed by atoms with Crippen molar-refractivity contribution in [1.82, 2.24) is 9.80 Å². The van der Waals surface area contributed by atoms with Gasteiger partial charge in [-0.05, 0) is 45.0 Å². The molecule has 1 aliphatic rings. The van der Waals surface area contributed by atoms with E-state index in [4.69, 9.17) is 0 Å². The van der Waals surface area contributed by atoms with Gasteiger partial charge in [0.2, 0.25) is 0 Å². The fraction of sp³-hybridized carbons (Fsp3) is 0.625. The summed E-state index contributed by atoms with van der Waals surface area (Å²) in [7, 11) is 0. The van der Waals surface area contributed by atoms with Crippen molar-refractivity contribution in [2.24, 2.45) is 0 Å². The van der Waals surface area contributed by atoms with Crippen molar-refractivity contribution in [2.45, 2.75) is 26.3 Å². The van der Waals surface area contributed by atoms with Crippen LogP contribution in [-0.2, 0) is 0 Å². The minimum Gasteiger partial charge on any atom is -0.384 e. The second kappa shape index (κ2) is 6.92. The van der Waals surface area contributed by atoms with E-state index in [-0.39, 0.29) is 0 Å². The standard InChI is InChI=1S/C16H26BrN3/c1-16(2,3)20-12-10-19(11-13-20)9-8-18-15-6-4-14(17)5-7-15/h4-7,18H,8-13H2,1-3H3. The van der Waals surface area contributed by atoms with Crippen LogP contribution in [0.15, 0.2) is 28.7 Å². The number of rotatable bonds is 4. The van der Waals surface area contributed by atoms with Crippen LogP contribution in [0.25, 0.3) is 0 Å². The molecule has 0 bridgehead atoms. The van der Waals surface area contributed by atoms with E-state index in [2.05, 4.69) is 76.1 Å². The van der Waals surface area contributed by atoms with Gasteiger partial charge in [0, 0.05) is 55.0 Å². The Balaban J connectivity index is 1.67. The maximum atomic E-state index is 3.48. The van der Waals surface area contributed by atoms with Gasteiger partial charge in [-0.2, -0.15) is 0 Å². The molecule has 0 atom stereocenters. The van der Waals surface area contributed by atoms with Crippen LogP contribution in [0.3, 0.4) is 0 Å². The van der Waals surface area contributed by atoms with Gasteiger partial charge in [-0.25, -0.2) is 0 Å². The molecule has 0 amide bonds. The van der Waals surface area contributed by atoms with E-state index in [1.165, 1.54) is 31.9 Å². The number of nitrogens with one attached hydrogen (secondary N) is 1. The fourth-order valence-corrected chi connectivity index (χ4v) is 2.83. The van der Waals surface area contributed by atoms with Crippen molar-refractivity contribution in [3.05, 3.63) is 28.7 Å². The number of hydrogen-bond acceptors (Lipinski definition) is 3. The lowest BCUT2D eigenvalue weighted by Gasteiger charge is -2.42. The molecule has 0 aromatic heterocycles. The van der Waals surface area contributed by atoms with Gasteiger partial charge in [-0.3, -0.25) is 9.80 Å². The van der Waals surface area contributed by atoms with Gasteiger partial charge in [0.05, 0.1) is 0 Å². The van der Waals surface area contributed by atoms with Crippen molar-refractivity contribution in [3.63, 3.8) is 0 Å². The molecule has 1 saturated heterocycles. The molecule has 2 rings (SSSR count). The Kier molecular flexibility index (Phi) is 5.47. The molecule has 0 saturated carbocycles. The number of nitrogens with zero attached hydrogens (tertiary/aromatic N) is 2. The van der Waals surface area contributed by atoms with Crippen LogP contribution in [0.4, 0.5) is 5.69 Å². The van der Waals surface area contributed by atoms with Crippen LogP contribution < -0.4 is 5.32 Å². The van der Waals surface area contributed by atoms with E-state index in [1.807, 2.05) is 0 Å². The smallest absolute Gasteiger partial charge is 0.0341 e. The zero-order valence-corrected chi connectivity index (χ0v) is 14.4. The van der Waals surface area contributed by atoms with Gasteiger partial charge >= 0.3 is 0 Å². The van der Waals surface area contributed by atoms with Crippen LogP contribution in [0.1, 0.15) is 20.8 Å². The molecule has 1 heterocycles. The van der Waals surface area contributed by atoms with E-state index in [9.17, 15) is 0 Å². The Labute approximate surface area is 131 Å². The Morgan fingerprint density at radius 2 is 1.65 bits per heavy atom. The average Bonchev–Trinajstić information content (AvgIpc) is 2.41. The lowest BCUT2D eigenvalue weighted by molar-refractivity contribution is 0.0642. The van der Waals surface area contributed by atoms with Gasteiger partial charge in [-0.1, -0.05) is 15.9 Å². The molecule has 0 spiro atoms. The molecule has 1 aromatic carbocycles. The predicted molar refractivity (Wildman–Crippen MR) is 90.4 cm³/mol. The maximum Gasteiger partial charge on any atom is 0.0341 e. The SMILES string of the molecule is CC(C)(C)N1CCN(CCNc2ccc(Br)cc2)CC1. The van der Waals surface area contributed by atoms with Gasteiger partial charge in [-0.15, -0.1) is 0 Å². The summed E-state index contributed by atoms with van der Waals surface area (Å²) in [6.45, 7) is 13.8. The van der Waals surface area contributed by atoms with Crippen molar-refractivity contribution in [2.75, 3.05) is 44.6 Å². The van der Waals surface area contributed by atoms with Gasteiger partial charge in [0.25, 0.3) is 0 Å². The molecule has 1 aromatic rings. The number of piperazine rings is 1. The van der Waals surface area contributed by atoms with Crippen LogP contribution in [0.2, 0.25) is 0 Å². The third-order valence-corrected chi connectivity index (χ3v) is 4.45. The Morgan fingerprint density at radius 3 is 2.20 bits per heavy atom. The van der Waals surface area contributed by atoms with Gasteiger partial charge in [0.1, 0.15) is 0 Å². The zero-order chi connectivity index (χ0) is 14.6. The van der Waals surface area contributed by atoms with Crippen LogP contribution in [0.5, 0.6) is 0 Å². The third kappa shape index (κ3) is 4.76. The number of hydrogen-bond donors (Lipinski definition) is 1. The van der Waals surface area contributed by atoms with E-state index in [1.54, 1.807) is 0 Å². The second-order valence-corrected chi connectivity index (χ2v) is 7.35. The molecule has 1 aliphatic heterocycles. The molecular formula is C16H26BrN3. The summed E-state index contributed by atoms with van der Waals surface area (Å²) in [4.78, 5) is 5.12. The topological polar surface area (TPSA) is 18.5 Å². The molecule has 0 aliphatic carbocycles. The summed E-state index contributed by atoms with van der Waals surface area (Å²) in [5.74, 6) is 0. The minimum absolute atomic E-state index is 0.307. The van der Waals surface area contributed by atoms with E-state index < -0.39 is 0 Å². The summed E-state index contributed by atoms with van der Waals surface area (Å²) in [5.41, 5.74) is 1.50. The van der Waals surface area contributed by atoms with Crippen molar-refractivity contribution < 1.29 is 0 Å². The normalized spacial score (nSPS) is 18.2. The van der Waals surface area contributed by atoms with E-state index in [0.29, 0.717) is 5.54 Å². The summed E-state index contributed by atoms with van der Waals surface area (Å²) >= 11 is 3.46. The largest absolute Gasteiger partial charge is 0.384 e. The monoisotopic (exact) mass is 339 g/mol. The molecule has 0 unspecified atom stereocenters. The van der Waals surface area contributed by atoms with Gasteiger partial charge in [0.15, 0.2) is 0 Å². The van der Waals surface area contributed by atoms with Crippen molar-refractivity contribution in [3.8, 4) is 0 Å². The predicted octanol–water partition coefficient (Wildman–Crippen LogP) is 3.28. The second-order valence-electron chi connectivity index (χ2n) is 6.43. The molecule has 1 fully saturated rings. The Hall–Kier alpha value is -0.580. The van der Waals surface area contributed by atoms with Gasteiger partial charge < -0.3 is 5.32 Å². The van der Waals surface area contributed by atoms with E-state index >= 15 is 0 Å². The number of halogens is 1. The summed E-state index contributed by atoms with van der Waals surface area (Å²) in [6, 6.07) is 8.37. The first-order valence-electron chi connectivity index (χ1n) is 7.42. The minimum atomic E-state index is 0.307.